The summed E-state index contributed by atoms with van der Waals surface area (Å²) in [5.41, 5.74) is 0. The third-order valence-electron chi connectivity index (χ3n) is 3.48. The molecule has 7 nitrogen and oxygen atoms in total. The lowest BCUT2D eigenvalue weighted by Crippen LogP contribution is -2.54. The molecule has 2 amide bonds. The maximum atomic E-state index is 11.9. The molecule has 0 aromatic carbocycles. The number of carboxylic acid groups (broad SMARTS) is 1. The number of carbonyl (C=O) groups excluding carboxylic acids is 2. The topological polar surface area (TPSA) is 81.2 Å². The highest BCUT2D eigenvalue weighted by molar-refractivity contribution is 5.83. The summed E-state index contributed by atoms with van der Waals surface area (Å²) in [7, 11) is 1.59. The predicted molar refractivity (Wildman–Crippen MR) is 68.6 cm³/mol. The standard InChI is InChI=1S/C12H21N3O4/c1-9(12(18)19)14-4-6-15(7-5-14)11(17)8-13(3)10(2)16/h9H,4-8H2,1-3H3,(H,18,19). The molecule has 0 aromatic rings. The monoisotopic (exact) mass is 271 g/mol. The Morgan fingerprint density at radius 2 is 1.74 bits per heavy atom. The van der Waals surface area contributed by atoms with E-state index in [0.29, 0.717) is 26.2 Å². The van der Waals surface area contributed by atoms with Crippen molar-refractivity contribution < 1.29 is 19.5 Å². The fourth-order valence-corrected chi connectivity index (χ4v) is 1.93. The summed E-state index contributed by atoms with van der Waals surface area (Å²) in [6, 6.07) is -0.530. The Bertz CT molecular complexity index is 364. The number of rotatable bonds is 4. The molecule has 1 aliphatic heterocycles. The molecule has 1 heterocycles. The third-order valence-corrected chi connectivity index (χ3v) is 3.48. The number of piperazine rings is 1. The lowest BCUT2D eigenvalue weighted by Gasteiger charge is -2.37. The zero-order chi connectivity index (χ0) is 14.6. The molecule has 1 saturated heterocycles. The number of nitrogens with zero attached hydrogens (tertiary/aromatic N) is 3. The van der Waals surface area contributed by atoms with Gasteiger partial charge in [0, 0.05) is 40.2 Å². The molecule has 0 bridgehead atoms. The van der Waals surface area contributed by atoms with Crippen LogP contribution in [0.5, 0.6) is 0 Å². The van der Waals surface area contributed by atoms with Crippen LogP contribution in [0.3, 0.4) is 0 Å². The van der Waals surface area contributed by atoms with E-state index in [1.807, 2.05) is 4.90 Å². The quantitative estimate of drug-likeness (QED) is 0.715. The minimum atomic E-state index is -0.851. The van der Waals surface area contributed by atoms with Gasteiger partial charge in [-0.05, 0) is 6.92 Å². The van der Waals surface area contributed by atoms with Crippen molar-refractivity contribution in [1.29, 1.82) is 0 Å². The molecule has 0 radical (unpaired) electrons. The first-order valence-corrected chi connectivity index (χ1v) is 6.29. The van der Waals surface area contributed by atoms with Crippen LogP contribution in [0, 0.1) is 0 Å². The molecule has 0 aliphatic carbocycles. The zero-order valence-corrected chi connectivity index (χ0v) is 11.6. The summed E-state index contributed by atoms with van der Waals surface area (Å²) in [4.78, 5) is 38.7. The van der Waals surface area contributed by atoms with Crippen LogP contribution in [-0.2, 0) is 14.4 Å². The van der Waals surface area contributed by atoms with Crippen molar-refractivity contribution in [2.45, 2.75) is 19.9 Å². The van der Waals surface area contributed by atoms with Gasteiger partial charge in [-0.25, -0.2) is 0 Å². The molecule has 1 fully saturated rings. The average Bonchev–Trinajstić information content (AvgIpc) is 2.37. The van der Waals surface area contributed by atoms with Gasteiger partial charge in [-0.3, -0.25) is 19.3 Å². The van der Waals surface area contributed by atoms with Crippen LogP contribution in [0.2, 0.25) is 0 Å². The lowest BCUT2D eigenvalue weighted by atomic mass is 10.2. The molecule has 1 unspecified atom stereocenters. The van der Waals surface area contributed by atoms with Gasteiger partial charge in [-0.15, -0.1) is 0 Å². The zero-order valence-electron chi connectivity index (χ0n) is 11.6. The van der Waals surface area contributed by atoms with Gasteiger partial charge in [0.05, 0.1) is 6.54 Å². The fourth-order valence-electron chi connectivity index (χ4n) is 1.93. The lowest BCUT2D eigenvalue weighted by molar-refractivity contribution is -0.145. The first kappa shape index (κ1) is 15.4. The van der Waals surface area contributed by atoms with Crippen LogP contribution in [-0.4, -0.2) is 83.4 Å². The second-order valence-corrected chi connectivity index (χ2v) is 4.81. The van der Waals surface area contributed by atoms with Crippen molar-refractivity contribution in [3.05, 3.63) is 0 Å². The highest BCUT2D eigenvalue weighted by atomic mass is 16.4. The SMILES string of the molecule is CC(=O)N(C)CC(=O)N1CCN(C(C)C(=O)O)CC1. The molecule has 0 aromatic heterocycles. The normalized spacial score (nSPS) is 17.9. The molecule has 108 valence electrons. The van der Waals surface area contributed by atoms with Gasteiger partial charge >= 0.3 is 5.97 Å². The molecule has 0 saturated carbocycles. The van der Waals surface area contributed by atoms with Gasteiger partial charge < -0.3 is 14.9 Å². The maximum Gasteiger partial charge on any atom is 0.320 e. The van der Waals surface area contributed by atoms with Crippen molar-refractivity contribution in [2.24, 2.45) is 0 Å². The predicted octanol–water partition coefficient (Wildman–Crippen LogP) is -0.918. The number of hydrogen-bond acceptors (Lipinski definition) is 4. The highest BCUT2D eigenvalue weighted by Gasteiger charge is 2.27. The Hall–Kier alpha value is -1.63. The number of aliphatic carboxylic acids is 1. The molecule has 19 heavy (non-hydrogen) atoms. The maximum absolute atomic E-state index is 11.9. The van der Waals surface area contributed by atoms with Crippen LogP contribution in [0.4, 0.5) is 0 Å². The van der Waals surface area contributed by atoms with E-state index in [1.165, 1.54) is 11.8 Å². The van der Waals surface area contributed by atoms with Crippen molar-refractivity contribution in [3.8, 4) is 0 Å². The summed E-state index contributed by atoms with van der Waals surface area (Å²) >= 11 is 0. The van der Waals surface area contributed by atoms with Crippen LogP contribution < -0.4 is 0 Å². The molecular weight excluding hydrogens is 250 g/mol. The van der Waals surface area contributed by atoms with Gasteiger partial charge in [0.1, 0.15) is 6.04 Å². The average molecular weight is 271 g/mol. The Balaban J connectivity index is 2.43. The second-order valence-electron chi connectivity index (χ2n) is 4.81. The first-order valence-electron chi connectivity index (χ1n) is 6.29. The Morgan fingerprint density at radius 1 is 1.21 bits per heavy atom. The summed E-state index contributed by atoms with van der Waals surface area (Å²) in [5.74, 6) is -1.09. The molecule has 1 rings (SSSR count). The van der Waals surface area contributed by atoms with E-state index in [4.69, 9.17) is 5.11 Å². The van der Waals surface area contributed by atoms with Crippen molar-refractivity contribution in [1.82, 2.24) is 14.7 Å². The van der Waals surface area contributed by atoms with E-state index in [-0.39, 0.29) is 18.4 Å². The van der Waals surface area contributed by atoms with Crippen LogP contribution in [0.25, 0.3) is 0 Å². The van der Waals surface area contributed by atoms with E-state index < -0.39 is 12.0 Å². The highest BCUT2D eigenvalue weighted by Crippen LogP contribution is 2.07. The Labute approximate surface area is 112 Å². The van der Waals surface area contributed by atoms with E-state index in [0.717, 1.165) is 0 Å². The molecule has 7 heteroatoms. The van der Waals surface area contributed by atoms with E-state index in [1.54, 1.807) is 18.9 Å². The number of carbonyl (C=O) groups is 3. The minimum absolute atomic E-state index is 0.0732. The largest absolute Gasteiger partial charge is 0.480 e. The Morgan fingerprint density at radius 3 is 2.16 bits per heavy atom. The number of carboxylic acids is 1. The van der Waals surface area contributed by atoms with Gasteiger partial charge in [-0.2, -0.15) is 0 Å². The molecule has 0 spiro atoms. The Kier molecular flexibility index (Phi) is 5.29. The first-order chi connectivity index (χ1) is 8.82. The summed E-state index contributed by atoms with van der Waals surface area (Å²) in [6.07, 6.45) is 0. The van der Waals surface area contributed by atoms with Crippen LogP contribution in [0.1, 0.15) is 13.8 Å². The molecule has 1 aliphatic rings. The molecule has 1 atom stereocenters. The molecule has 1 N–H and O–H groups in total. The number of hydrogen-bond donors (Lipinski definition) is 1. The minimum Gasteiger partial charge on any atom is -0.480 e. The summed E-state index contributed by atoms with van der Waals surface area (Å²) in [5, 5.41) is 8.92. The summed E-state index contributed by atoms with van der Waals surface area (Å²) in [6.45, 7) is 5.23. The third kappa shape index (κ3) is 4.20. The van der Waals surface area contributed by atoms with E-state index in [2.05, 4.69) is 0 Å². The van der Waals surface area contributed by atoms with Crippen molar-refractivity contribution in [2.75, 3.05) is 39.8 Å². The fraction of sp³-hybridized carbons (Fsp3) is 0.750. The van der Waals surface area contributed by atoms with Crippen LogP contribution in [0.15, 0.2) is 0 Å². The van der Waals surface area contributed by atoms with Crippen LogP contribution >= 0.6 is 0 Å². The van der Waals surface area contributed by atoms with Gasteiger partial charge in [0.25, 0.3) is 0 Å². The van der Waals surface area contributed by atoms with E-state index in [9.17, 15) is 14.4 Å². The smallest absolute Gasteiger partial charge is 0.320 e. The van der Waals surface area contributed by atoms with E-state index >= 15 is 0 Å². The second kappa shape index (κ2) is 6.51. The molecular formula is C12H21N3O4. The number of amides is 2. The van der Waals surface area contributed by atoms with Gasteiger partial charge in [0.2, 0.25) is 11.8 Å². The summed E-state index contributed by atoms with van der Waals surface area (Å²) < 4.78 is 0. The van der Waals surface area contributed by atoms with Crippen molar-refractivity contribution >= 4 is 17.8 Å². The van der Waals surface area contributed by atoms with Crippen molar-refractivity contribution in [3.63, 3.8) is 0 Å². The number of likely N-dealkylation sites (N-methyl/N-ethyl adjacent to an activating group) is 1. The van der Waals surface area contributed by atoms with Gasteiger partial charge in [0.15, 0.2) is 0 Å². The van der Waals surface area contributed by atoms with Gasteiger partial charge in [-0.1, -0.05) is 0 Å².